The SMILES string of the molecule is Cc1nc2c(c(=O)[nH]1)CCC2CC(=O)O. The van der Waals surface area contributed by atoms with Gasteiger partial charge < -0.3 is 10.1 Å². The van der Waals surface area contributed by atoms with Crippen LogP contribution in [0.25, 0.3) is 0 Å². The summed E-state index contributed by atoms with van der Waals surface area (Å²) in [6, 6.07) is 0. The molecular formula is C10H12N2O3. The average Bonchev–Trinajstić information content (AvgIpc) is 2.48. The minimum absolute atomic E-state index is 0.0584. The van der Waals surface area contributed by atoms with Crippen LogP contribution in [0.4, 0.5) is 0 Å². The van der Waals surface area contributed by atoms with Crippen molar-refractivity contribution in [3.63, 3.8) is 0 Å². The van der Waals surface area contributed by atoms with Gasteiger partial charge in [-0.25, -0.2) is 4.98 Å². The third-order valence-electron chi connectivity index (χ3n) is 2.72. The summed E-state index contributed by atoms with van der Waals surface area (Å²) in [7, 11) is 0. The van der Waals surface area contributed by atoms with Gasteiger partial charge >= 0.3 is 5.97 Å². The zero-order valence-corrected chi connectivity index (χ0v) is 8.41. The first kappa shape index (κ1) is 9.89. The maximum Gasteiger partial charge on any atom is 0.304 e. The quantitative estimate of drug-likeness (QED) is 0.744. The van der Waals surface area contributed by atoms with Gasteiger partial charge in [0.1, 0.15) is 5.82 Å². The Balaban J connectivity index is 2.41. The molecule has 1 aromatic heterocycles. The lowest BCUT2D eigenvalue weighted by Crippen LogP contribution is -2.16. The van der Waals surface area contributed by atoms with Crippen LogP contribution in [-0.4, -0.2) is 21.0 Å². The molecule has 1 aliphatic rings. The Morgan fingerprint density at radius 1 is 1.67 bits per heavy atom. The lowest BCUT2D eigenvalue weighted by Gasteiger charge is -2.07. The molecule has 0 saturated heterocycles. The van der Waals surface area contributed by atoms with Gasteiger partial charge in [0.2, 0.25) is 0 Å². The summed E-state index contributed by atoms with van der Waals surface area (Å²) < 4.78 is 0. The maximum absolute atomic E-state index is 11.5. The average molecular weight is 208 g/mol. The van der Waals surface area contributed by atoms with Crippen LogP contribution in [0.1, 0.15) is 35.8 Å². The van der Waals surface area contributed by atoms with Crippen molar-refractivity contribution >= 4 is 5.97 Å². The van der Waals surface area contributed by atoms with Gasteiger partial charge in [-0.05, 0) is 19.8 Å². The molecule has 15 heavy (non-hydrogen) atoms. The Hall–Kier alpha value is -1.65. The molecule has 0 saturated carbocycles. The Labute approximate surface area is 86.2 Å². The predicted molar refractivity (Wildman–Crippen MR) is 52.9 cm³/mol. The van der Waals surface area contributed by atoms with Crippen molar-refractivity contribution in [1.82, 2.24) is 9.97 Å². The van der Waals surface area contributed by atoms with E-state index in [9.17, 15) is 9.59 Å². The fourth-order valence-corrected chi connectivity index (χ4v) is 2.08. The van der Waals surface area contributed by atoms with E-state index in [1.807, 2.05) is 0 Å². The molecule has 5 nitrogen and oxygen atoms in total. The van der Waals surface area contributed by atoms with Gasteiger partial charge in [0.05, 0.1) is 12.1 Å². The molecule has 1 unspecified atom stereocenters. The number of aromatic amines is 1. The van der Waals surface area contributed by atoms with Crippen LogP contribution in [0.15, 0.2) is 4.79 Å². The Morgan fingerprint density at radius 2 is 2.40 bits per heavy atom. The molecule has 0 spiro atoms. The third kappa shape index (κ3) is 1.77. The lowest BCUT2D eigenvalue weighted by atomic mass is 10.0. The molecule has 0 amide bonds. The van der Waals surface area contributed by atoms with E-state index < -0.39 is 5.97 Å². The number of aliphatic carboxylic acids is 1. The van der Waals surface area contributed by atoms with Crippen molar-refractivity contribution in [1.29, 1.82) is 0 Å². The standard InChI is InChI=1S/C10H12N2O3/c1-5-11-9-6(4-8(13)14)2-3-7(9)10(15)12-5/h6H,2-4H2,1H3,(H,13,14)(H,11,12,15). The molecule has 0 fully saturated rings. The molecule has 5 heteroatoms. The first-order valence-electron chi connectivity index (χ1n) is 4.89. The zero-order valence-electron chi connectivity index (χ0n) is 8.41. The van der Waals surface area contributed by atoms with Gasteiger partial charge in [-0.15, -0.1) is 0 Å². The van der Waals surface area contributed by atoms with Crippen LogP contribution >= 0.6 is 0 Å². The number of hydrogen-bond donors (Lipinski definition) is 2. The normalized spacial score (nSPS) is 18.9. The summed E-state index contributed by atoms with van der Waals surface area (Å²) in [6.45, 7) is 1.71. The number of nitrogens with zero attached hydrogens (tertiary/aromatic N) is 1. The molecule has 0 aromatic carbocycles. The van der Waals surface area contributed by atoms with Crippen LogP contribution in [0.3, 0.4) is 0 Å². The zero-order chi connectivity index (χ0) is 11.0. The van der Waals surface area contributed by atoms with Gasteiger partial charge in [0.25, 0.3) is 5.56 Å². The van der Waals surface area contributed by atoms with Crippen LogP contribution in [0.5, 0.6) is 0 Å². The maximum atomic E-state index is 11.5. The summed E-state index contributed by atoms with van der Waals surface area (Å²) in [5.41, 5.74) is 1.22. The number of fused-ring (bicyclic) bond motifs is 1. The molecule has 2 rings (SSSR count). The molecule has 1 aliphatic carbocycles. The second kappa shape index (κ2) is 3.49. The lowest BCUT2D eigenvalue weighted by molar-refractivity contribution is -0.137. The van der Waals surface area contributed by atoms with E-state index in [1.165, 1.54) is 0 Å². The molecule has 0 radical (unpaired) electrons. The number of carboxylic acids is 1. The Bertz CT molecular complexity index is 464. The molecule has 0 aliphatic heterocycles. The monoisotopic (exact) mass is 208 g/mol. The van der Waals surface area contributed by atoms with Crippen LogP contribution < -0.4 is 5.56 Å². The molecule has 80 valence electrons. The fourth-order valence-electron chi connectivity index (χ4n) is 2.08. The van der Waals surface area contributed by atoms with Crippen molar-refractivity contribution in [2.75, 3.05) is 0 Å². The number of nitrogens with one attached hydrogen (secondary N) is 1. The summed E-state index contributed by atoms with van der Waals surface area (Å²) >= 11 is 0. The van der Waals surface area contributed by atoms with Crippen molar-refractivity contribution in [3.8, 4) is 0 Å². The van der Waals surface area contributed by atoms with Crippen LogP contribution in [0.2, 0.25) is 0 Å². The molecule has 1 heterocycles. The van der Waals surface area contributed by atoms with E-state index in [0.717, 1.165) is 0 Å². The van der Waals surface area contributed by atoms with E-state index in [1.54, 1.807) is 6.92 Å². The van der Waals surface area contributed by atoms with E-state index >= 15 is 0 Å². The van der Waals surface area contributed by atoms with Gasteiger partial charge in [-0.1, -0.05) is 0 Å². The smallest absolute Gasteiger partial charge is 0.304 e. The topological polar surface area (TPSA) is 83.0 Å². The highest BCUT2D eigenvalue weighted by Gasteiger charge is 2.28. The number of aromatic nitrogens is 2. The van der Waals surface area contributed by atoms with Crippen LogP contribution in [-0.2, 0) is 11.2 Å². The minimum Gasteiger partial charge on any atom is -0.481 e. The van der Waals surface area contributed by atoms with Crippen molar-refractivity contribution in [2.24, 2.45) is 0 Å². The van der Waals surface area contributed by atoms with Crippen molar-refractivity contribution < 1.29 is 9.90 Å². The molecular weight excluding hydrogens is 196 g/mol. The summed E-state index contributed by atoms with van der Waals surface area (Å²) in [4.78, 5) is 29.0. The third-order valence-corrected chi connectivity index (χ3v) is 2.72. The number of carbonyl (C=O) groups is 1. The number of carboxylic acid groups (broad SMARTS) is 1. The highest BCUT2D eigenvalue weighted by molar-refractivity contribution is 5.68. The van der Waals surface area contributed by atoms with E-state index in [0.29, 0.717) is 29.9 Å². The first-order chi connectivity index (χ1) is 7.08. The van der Waals surface area contributed by atoms with Gasteiger partial charge in [0.15, 0.2) is 0 Å². The highest BCUT2D eigenvalue weighted by atomic mass is 16.4. The fraction of sp³-hybridized carbons (Fsp3) is 0.500. The second-order valence-corrected chi connectivity index (χ2v) is 3.85. The first-order valence-corrected chi connectivity index (χ1v) is 4.89. The second-order valence-electron chi connectivity index (χ2n) is 3.85. The van der Waals surface area contributed by atoms with Gasteiger partial charge in [-0.3, -0.25) is 9.59 Å². The van der Waals surface area contributed by atoms with Gasteiger partial charge in [-0.2, -0.15) is 0 Å². The largest absolute Gasteiger partial charge is 0.481 e. The Kier molecular flexibility index (Phi) is 2.30. The van der Waals surface area contributed by atoms with Crippen molar-refractivity contribution in [3.05, 3.63) is 27.4 Å². The summed E-state index contributed by atoms with van der Waals surface area (Å²) in [5, 5.41) is 8.72. The van der Waals surface area contributed by atoms with E-state index in [4.69, 9.17) is 5.11 Å². The van der Waals surface area contributed by atoms with E-state index in [2.05, 4.69) is 9.97 Å². The number of hydrogen-bond acceptors (Lipinski definition) is 3. The molecule has 1 aromatic rings. The van der Waals surface area contributed by atoms with Gasteiger partial charge in [0, 0.05) is 11.5 Å². The predicted octanol–water partition coefficient (Wildman–Crippen LogP) is 0.583. The van der Waals surface area contributed by atoms with Crippen LogP contribution in [0, 0.1) is 6.92 Å². The molecule has 1 atom stereocenters. The Morgan fingerprint density at radius 3 is 3.07 bits per heavy atom. The van der Waals surface area contributed by atoms with E-state index in [-0.39, 0.29) is 17.9 Å². The van der Waals surface area contributed by atoms with Crippen molar-refractivity contribution in [2.45, 2.75) is 32.1 Å². The highest BCUT2D eigenvalue weighted by Crippen LogP contribution is 2.31. The summed E-state index contributed by atoms with van der Waals surface area (Å²) in [6.07, 6.45) is 1.40. The minimum atomic E-state index is -0.840. The molecule has 0 bridgehead atoms. The number of aryl methyl sites for hydroxylation is 1. The molecule has 2 N–H and O–H groups in total. The number of rotatable bonds is 2. The number of H-pyrrole nitrogens is 1. The summed E-state index contributed by atoms with van der Waals surface area (Å²) in [5.74, 6) is -0.387.